The van der Waals surface area contributed by atoms with Gasteiger partial charge in [0.05, 0.1) is 30.4 Å². The molecule has 2 unspecified atom stereocenters. The molecule has 0 N–H and O–H groups in total. The van der Waals surface area contributed by atoms with Gasteiger partial charge in [0.1, 0.15) is 0 Å². The molecule has 2 rings (SSSR count). The number of hydrogen-bond acceptors (Lipinski definition) is 3. The van der Waals surface area contributed by atoms with E-state index in [0.717, 1.165) is 12.1 Å². The highest BCUT2D eigenvalue weighted by Gasteiger charge is 2.24. The lowest BCUT2D eigenvalue weighted by Crippen LogP contribution is -2.22. The summed E-state index contributed by atoms with van der Waals surface area (Å²) < 4.78 is 32.7. The molecule has 0 saturated heterocycles. The smallest absolute Gasteiger partial charge is 0.310 e. The van der Waals surface area contributed by atoms with Crippen LogP contribution in [0.2, 0.25) is 0 Å². The van der Waals surface area contributed by atoms with Gasteiger partial charge in [-0.25, -0.2) is 13.8 Å². The quantitative estimate of drug-likeness (QED) is 0.804. The number of nitrogens with zero attached hydrogens (tertiary/aromatic N) is 2. The second kappa shape index (κ2) is 4.95. The van der Waals surface area contributed by atoms with Crippen LogP contribution in [0.5, 0.6) is 0 Å². The van der Waals surface area contributed by atoms with E-state index in [-0.39, 0.29) is 12.0 Å². The van der Waals surface area contributed by atoms with Crippen LogP contribution < -0.4 is 0 Å². The Kier molecular flexibility index (Phi) is 3.50. The molecule has 2 atom stereocenters. The zero-order valence-corrected chi connectivity index (χ0v) is 10.9. The number of rotatable bonds is 3. The number of aromatic nitrogens is 2. The van der Waals surface area contributed by atoms with Crippen LogP contribution in [0.25, 0.3) is 11.0 Å². The number of hydrogen-bond donors (Lipinski definition) is 0. The van der Waals surface area contributed by atoms with E-state index in [0.29, 0.717) is 11.0 Å². The van der Waals surface area contributed by atoms with Gasteiger partial charge in [-0.1, -0.05) is 0 Å². The van der Waals surface area contributed by atoms with E-state index < -0.39 is 17.6 Å². The third-order valence-corrected chi connectivity index (χ3v) is 3.35. The van der Waals surface area contributed by atoms with Crippen LogP contribution in [0.4, 0.5) is 8.78 Å². The Morgan fingerprint density at radius 2 is 1.95 bits per heavy atom. The molecule has 0 amide bonds. The molecule has 2 aromatic rings. The number of halogens is 2. The molecule has 1 heterocycles. The summed E-state index contributed by atoms with van der Waals surface area (Å²) >= 11 is 0. The number of ether oxygens (including phenoxy) is 1. The van der Waals surface area contributed by atoms with Gasteiger partial charge < -0.3 is 9.30 Å². The molecule has 1 aromatic carbocycles. The van der Waals surface area contributed by atoms with Crippen molar-refractivity contribution in [2.24, 2.45) is 5.92 Å². The van der Waals surface area contributed by atoms with Crippen molar-refractivity contribution >= 4 is 17.0 Å². The van der Waals surface area contributed by atoms with Gasteiger partial charge in [0, 0.05) is 18.2 Å². The van der Waals surface area contributed by atoms with Crippen LogP contribution in [-0.2, 0) is 9.53 Å². The Bertz CT molecular complexity index is 624. The number of imidazole rings is 1. The third-order valence-electron chi connectivity index (χ3n) is 3.35. The molecule has 0 saturated carbocycles. The zero-order chi connectivity index (χ0) is 14.2. The number of carbonyl (C=O) groups is 1. The highest BCUT2D eigenvalue weighted by atomic mass is 19.2. The molecule has 102 valence electrons. The molecule has 0 radical (unpaired) electrons. The average molecular weight is 268 g/mol. The first-order valence-corrected chi connectivity index (χ1v) is 5.85. The molecule has 4 nitrogen and oxygen atoms in total. The van der Waals surface area contributed by atoms with Crippen molar-refractivity contribution in [1.82, 2.24) is 9.55 Å². The SMILES string of the molecule is COC(=O)C(C)C(C)n1cnc2cc(F)c(F)cc21. The number of methoxy groups -OCH3 is 1. The van der Waals surface area contributed by atoms with Crippen molar-refractivity contribution in [2.45, 2.75) is 19.9 Å². The zero-order valence-electron chi connectivity index (χ0n) is 10.9. The lowest BCUT2D eigenvalue weighted by atomic mass is 10.0. The first-order valence-electron chi connectivity index (χ1n) is 5.85. The molecule has 19 heavy (non-hydrogen) atoms. The van der Waals surface area contributed by atoms with Crippen LogP contribution in [0, 0.1) is 17.6 Å². The second-order valence-electron chi connectivity index (χ2n) is 4.46. The van der Waals surface area contributed by atoms with Crippen molar-refractivity contribution in [2.75, 3.05) is 7.11 Å². The number of benzene rings is 1. The maximum Gasteiger partial charge on any atom is 0.310 e. The lowest BCUT2D eigenvalue weighted by Gasteiger charge is -2.19. The fraction of sp³-hybridized carbons (Fsp3) is 0.385. The van der Waals surface area contributed by atoms with Crippen LogP contribution in [0.15, 0.2) is 18.5 Å². The van der Waals surface area contributed by atoms with E-state index in [1.165, 1.54) is 13.4 Å². The summed E-state index contributed by atoms with van der Waals surface area (Å²) in [5, 5.41) is 0. The summed E-state index contributed by atoms with van der Waals surface area (Å²) in [5.41, 5.74) is 0.796. The van der Waals surface area contributed by atoms with Crippen LogP contribution in [-0.4, -0.2) is 22.6 Å². The third kappa shape index (κ3) is 2.30. The Morgan fingerprint density at radius 1 is 1.32 bits per heavy atom. The first-order chi connectivity index (χ1) is 8.95. The number of carbonyl (C=O) groups excluding carboxylic acids is 1. The minimum Gasteiger partial charge on any atom is -0.469 e. The van der Waals surface area contributed by atoms with E-state index in [2.05, 4.69) is 9.72 Å². The van der Waals surface area contributed by atoms with Crippen molar-refractivity contribution in [1.29, 1.82) is 0 Å². The Labute approximate surface area is 109 Å². The van der Waals surface area contributed by atoms with Gasteiger partial charge in [0.15, 0.2) is 11.6 Å². The molecule has 0 aliphatic heterocycles. The predicted molar refractivity (Wildman–Crippen MR) is 65.5 cm³/mol. The molecule has 0 bridgehead atoms. The minimum absolute atomic E-state index is 0.276. The van der Waals surface area contributed by atoms with E-state index in [9.17, 15) is 13.6 Å². The molecule has 6 heteroatoms. The van der Waals surface area contributed by atoms with E-state index >= 15 is 0 Å². The van der Waals surface area contributed by atoms with Crippen LogP contribution >= 0.6 is 0 Å². The monoisotopic (exact) mass is 268 g/mol. The molecule has 0 spiro atoms. The van der Waals surface area contributed by atoms with Gasteiger partial charge >= 0.3 is 5.97 Å². The molecular weight excluding hydrogens is 254 g/mol. The summed E-state index contributed by atoms with van der Waals surface area (Å²) in [5.74, 6) is -2.66. The topological polar surface area (TPSA) is 44.1 Å². The van der Waals surface area contributed by atoms with E-state index in [1.54, 1.807) is 18.4 Å². The van der Waals surface area contributed by atoms with Gasteiger partial charge in [-0.2, -0.15) is 0 Å². The lowest BCUT2D eigenvalue weighted by molar-refractivity contribution is -0.146. The molecular formula is C13H14F2N2O2. The van der Waals surface area contributed by atoms with Gasteiger partial charge in [-0.3, -0.25) is 4.79 Å². The summed E-state index contributed by atoms with van der Waals surface area (Å²) in [6.07, 6.45) is 1.47. The Hall–Kier alpha value is -1.98. The second-order valence-corrected chi connectivity index (χ2v) is 4.46. The van der Waals surface area contributed by atoms with Crippen LogP contribution in [0.3, 0.4) is 0 Å². The maximum atomic E-state index is 13.3. The molecule has 0 aliphatic rings. The maximum absolute atomic E-state index is 13.3. The van der Waals surface area contributed by atoms with Crippen molar-refractivity contribution in [3.63, 3.8) is 0 Å². The standard InChI is InChI=1S/C13H14F2N2O2/c1-7(13(18)19-3)8(2)17-6-16-11-4-9(14)10(15)5-12(11)17/h4-8H,1-3H3. The highest BCUT2D eigenvalue weighted by Crippen LogP contribution is 2.25. The fourth-order valence-corrected chi connectivity index (χ4v) is 1.97. The van der Waals surface area contributed by atoms with Gasteiger partial charge in [-0.05, 0) is 13.8 Å². The number of esters is 1. The van der Waals surface area contributed by atoms with Crippen molar-refractivity contribution in [3.05, 3.63) is 30.1 Å². The van der Waals surface area contributed by atoms with Gasteiger partial charge in [-0.15, -0.1) is 0 Å². The summed E-state index contributed by atoms with van der Waals surface area (Å²) in [4.78, 5) is 15.5. The molecule has 0 fully saturated rings. The largest absolute Gasteiger partial charge is 0.469 e. The normalized spacial score (nSPS) is 14.4. The highest BCUT2D eigenvalue weighted by molar-refractivity contribution is 5.77. The Balaban J connectivity index is 2.45. The predicted octanol–water partition coefficient (Wildman–Crippen LogP) is 2.68. The van der Waals surface area contributed by atoms with Crippen LogP contribution in [0.1, 0.15) is 19.9 Å². The van der Waals surface area contributed by atoms with Gasteiger partial charge in [0.25, 0.3) is 0 Å². The number of fused-ring (bicyclic) bond motifs is 1. The van der Waals surface area contributed by atoms with Crippen molar-refractivity contribution in [3.8, 4) is 0 Å². The summed E-state index contributed by atoms with van der Waals surface area (Å²) in [6.45, 7) is 3.51. The Morgan fingerprint density at radius 3 is 2.58 bits per heavy atom. The van der Waals surface area contributed by atoms with Crippen molar-refractivity contribution < 1.29 is 18.3 Å². The van der Waals surface area contributed by atoms with Gasteiger partial charge in [0.2, 0.25) is 0 Å². The minimum atomic E-state index is -0.939. The van der Waals surface area contributed by atoms with E-state index in [4.69, 9.17) is 0 Å². The molecule has 1 aromatic heterocycles. The summed E-state index contributed by atoms with van der Waals surface area (Å²) in [6, 6.07) is 1.84. The van der Waals surface area contributed by atoms with E-state index in [1.807, 2.05) is 0 Å². The molecule has 0 aliphatic carbocycles. The first kappa shape index (κ1) is 13.5. The average Bonchev–Trinajstić information content (AvgIpc) is 2.79. The summed E-state index contributed by atoms with van der Waals surface area (Å²) in [7, 11) is 1.31. The fourth-order valence-electron chi connectivity index (χ4n) is 1.97.